The normalized spacial score (nSPS) is 22.7. The van der Waals surface area contributed by atoms with Gasteiger partial charge in [-0.05, 0) is 58.5 Å². The van der Waals surface area contributed by atoms with E-state index in [1.165, 1.54) is 25.9 Å². The van der Waals surface area contributed by atoms with Crippen molar-refractivity contribution >= 4 is 5.91 Å². The Labute approximate surface area is 125 Å². The zero-order valence-electron chi connectivity index (χ0n) is 13.0. The van der Waals surface area contributed by atoms with Gasteiger partial charge in [0.05, 0.1) is 5.69 Å². The van der Waals surface area contributed by atoms with Crippen molar-refractivity contribution in [2.24, 2.45) is 5.92 Å². The number of amides is 1. The topological polar surface area (TPSA) is 65.1 Å². The number of carbonyl (C=O) groups excluding carboxylic acids is 1. The molecule has 3 heterocycles. The largest absolute Gasteiger partial charge is 0.337 e. The van der Waals surface area contributed by atoms with E-state index < -0.39 is 0 Å². The summed E-state index contributed by atoms with van der Waals surface area (Å²) in [6.07, 6.45) is 4.88. The molecule has 116 valence electrons. The van der Waals surface area contributed by atoms with Crippen LogP contribution in [0.2, 0.25) is 0 Å². The fourth-order valence-corrected chi connectivity index (χ4v) is 3.67. The summed E-state index contributed by atoms with van der Waals surface area (Å²) in [7, 11) is 0. The second-order valence-corrected chi connectivity index (χ2v) is 6.37. The number of carbonyl (C=O) groups is 1. The van der Waals surface area contributed by atoms with E-state index in [4.69, 9.17) is 0 Å². The van der Waals surface area contributed by atoms with Crippen molar-refractivity contribution in [1.82, 2.24) is 25.2 Å². The fourth-order valence-electron chi connectivity index (χ4n) is 3.67. The summed E-state index contributed by atoms with van der Waals surface area (Å²) >= 11 is 0. The number of likely N-dealkylation sites (tertiary alicyclic amines) is 2. The van der Waals surface area contributed by atoms with Crippen LogP contribution in [-0.2, 0) is 0 Å². The van der Waals surface area contributed by atoms with Crippen LogP contribution in [0.4, 0.5) is 0 Å². The first-order valence-corrected chi connectivity index (χ1v) is 8.07. The van der Waals surface area contributed by atoms with E-state index in [2.05, 4.69) is 27.2 Å². The molecular formula is C15H25N5O. The maximum absolute atomic E-state index is 12.4. The number of hydrogen-bond donors (Lipinski definition) is 1. The average molecular weight is 291 g/mol. The first-order chi connectivity index (χ1) is 10.2. The standard InChI is InChI=1S/C15H25N5O/c1-11-14(17-18-16-11)15(21)20-9-5-13(6-10-20)12(2)19-7-3-4-8-19/h12-13H,3-10H2,1-2H3,(H,16,17,18)/t12-/m0/s1. The lowest BCUT2D eigenvalue weighted by Crippen LogP contribution is -2.45. The molecule has 3 rings (SSSR count). The van der Waals surface area contributed by atoms with Gasteiger partial charge in [0.15, 0.2) is 5.69 Å². The third-order valence-corrected chi connectivity index (χ3v) is 5.15. The summed E-state index contributed by atoms with van der Waals surface area (Å²) in [4.78, 5) is 17.0. The lowest BCUT2D eigenvalue weighted by molar-refractivity contribution is 0.0618. The van der Waals surface area contributed by atoms with Gasteiger partial charge in [0.1, 0.15) is 0 Å². The minimum absolute atomic E-state index is 0.0218. The third-order valence-electron chi connectivity index (χ3n) is 5.15. The number of rotatable bonds is 3. The van der Waals surface area contributed by atoms with Crippen molar-refractivity contribution in [2.75, 3.05) is 26.2 Å². The van der Waals surface area contributed by atoms with E-state index in [-0.39, 0.29) is 5.91 Å². The molecule has 0 spiro atoms. The number of hydrogen-bond acceptors (Lipinski definition) is 4. The molecule has 0 bridgehead atoms. The van der Waals surface area contributed by atoms with Crippen LogP contribution in [0.1, 0.15) is 48.8 Å². The van der Waals surface area contributed by atoms with Crippen LogP contribution in [0.3, 0.4) is 0 Å². The Morgan fingerprint density at radius 1 is 1.19 bits per heavy atom. The molecule has 0 radical (unpaired) electrons. The molecule has 6 nitrogen and oxygen atoms in total. The molecule has 2 saturated heterocycles. The molecule has 2 fully saturated rings. The highest BCUT2D eigenvalue weighted by atomic mass is 16.2. The van der Waals surface area contributed by atoms with Gasteiger partial charge in [-0.2, -0.15) is 15.4 Å². The summed E-state index contributed by atoms with van der Waals surface area (Å²) in [6.45, 7) is 8.35. The molecule has 0 aliphatic carbocycles. The lowest BCUT2D eigenvalue weighted by atomic mass is 9.89. The minimum Gasteiger partial charge on any atom is -0.337 e. The van der Waals surface area contributed by atoms with Crippen LogP contribution in [0, 0.1) is 12.8 Å². The summed E-state index contributed by atoms with van der Waals surface area (Å²) in [6, 6.07) is 0.651. The van der Waals surface area contributed by atoms with Gasteiger partial charge < -0.3 is 9.80 Å². The highest BCUT2D eigenvalue weighted by Gasteiger charge is 2.31. The van der Waals surface area contributed by atoms with Crippen LogP contribution < -0.4 is 0 Å². The summed E-state index contributed by atoms with van der Waals surface area (Å²) in [5.74, 6) is 0.735. The number of H-pyrrole nitrogens is 1. The quantitative estimate of drug-likeness (QED) is 0.915. The molecule has 1 aromatic heterocycles. The predicted molar refractivity (Wildman–Crippen MR) is 80.0 cm³/mol. The first-order valence-electron chi connectivity index (χ1n) is 8.07. The molecule has 0 aromatic carbocycles. The number of aromatic nitrogens is 3. The molecule has 6 heteroatoms. The van der Waals surface area contributed by atoms with E-state index in [1.54, 1.807) is 0 Å². The van der Waals surface area contributed by atoms with Crippen LogP contribution in [0.15, 0.2) is 0 Å². The molecular weight excluding hydrogens is 266 g/mol. The third kappa shape index (κ3) is 2.95. The van der Waals surface area contributed by atoms with Gasteiger partial charge in [0, 0.05) is 19.1 Å². The molecule has 1 aromatic rings. The number of aromatic amines is 1. The Balaban J connectivity index is 1.55. The molecule has 2 aliphatic rings. The summed E-state index contributed by atoms with van der Waals surface area (Å²) in [5, 5.41) is 10.4. The Morgan fingerprint density at radius 3 is 2.43 bits per heavy atom. The summed E-state index contributed by atoms with van der Waals surface area (Å²) < 4.78 is 0. The Hall–Kier alpha value is -1.43. The van der Waals surface area contributed by atoms with Crippen molar-refractivity contribution in [1.29, 1.82) is 0 Å². The van der Waals surface area contributed by atoms with Crippen molar-refractivity contribution in [3.05, 3.63) is 11.4 Å². The van der Waals surface area contributed by atoms with E-state index in [0.717, 1.165) is 25.9 Å². The molecule has 1 amide bonds. The van der Waals surface area contributed by atoms with Gasteiger partial charge in [0.2, 0.25) is 0 Å². The van der Waals surface area contributed by atoms with E-state index >= 15 is 0 Å². The van der Waals surface area contributed by atoms with Gasteiger partial charge in [-0.15, -0.1) is 0 Å². The van der Waals surface area contributed by atoms with Crippen LogP contribution in [-0.4, -0.2) is 63.3 Å². The van der Waals surface area contributed by atoms with E-state index in [9.17, 15) is 4.79 Å². The fraction of sp³-hybridized carbons (Fsp3) is 0.800. The molecule has 1 atom stereocenters. The maximum atomic E-state index is 12.4. The van der Waals surface area contributed by atoms with Crippen LogP contribution in [0.25, 0.3) is 0 Å². The average Bonchev–Trinajstić information content (AvgIpc) is 3.17. The smallest absolute Gasteiger partial charge is 0.276 e. The zero-order chi connectivity index (χ0) is 14.8. The van der Waals surface area contributed by atoms with Crippen molar-refractivity contribution < 1.29 is 4.79 Å². The van der Waals surface area contributed by atoms with Crippen LogP contribution in [0.5, 0.6) is 0 Å². The lowest BCUT2D eigenvalue weighted by Gasteiger charge is -2.38. The van der Waals surface area contributed by atoms with Crippen molar-refractivity contribution in [3.63, 3.8) is 0 Å². The SMILES string of the molecule is Cc1n[nH]nc1C(=O)N1CCC([C@H](C)N2CCCC2)CC1. The second kappa shape index (κ2) is 6.13. The molecule has 21 heavy (non-hydrogen) atoms. The van der Waals surface area contributed by atoms with Crippen LogP contribution >= 0.6 is 0 Å². The number of aryl methyl sites for hydroxylation is 1. The zero-order valence-corrected chi connectivity index (χ0v) is 13.0. The monoisotopic (exact) mass is 291 g/mol. The predicted octanol–water partition coefficient (Wildman–Crippen LogP) is 1.45. The number of nitrogens with zero attached hydrogens (tertiary/aromatic N) is 4. The van der Waals surface area contributed by atoms with Gasteiger partial charge in [0.25, 0.3) is 5.91 Å². The number of piperidine rings is 1. The number of nitrogens with one attached hydrogen (secondary N) is 1. The van der Waals surface area contributed by atoms with Gasteiger partial charge in [-0.1, -0.05) is 0 Å². The summed E-state index contributed by atoms with van der Waals surface area (Å²) in [5.41, 5.74) is 1.16. The Kier molecular flexibility index (Phi) is 4.24. The molecule has 0 saturated carbocycles. The van der Waals surface area contributed by atoms with Crippen molar-refractivity contribution in [2.45, 2.75) is 45.6 Å². The van der Waals surface area contributed by atoms with E-state index in [1.807, 2.05) is 11.8 Å². The van der Waals surface area contributed by atoms with Gasteiger partial charge >= 0.3 is 0 Å². The second-order valence-electron chi connectivity index (χ2n) is 6.37. The molecule has 2 aliphatic heterocycles. The minimum atomic E-state index is 0.0218. The van der Waals surface area contributed by atoms with Gasteiger partial charge in [-0.3, -0.25) is 4.79 Å². The maximum Gasteiger partial charge on any atom is 0.276 e. The highest BCUT2D eigenvalue weighted by Crippen LogP contribution is 2.27. The highest BCUT2D eigenvalue weighted by molar-refractivity contribution is 5.93. The Bertz CT molecular complexity index is 486. The Morgan fingerprint density at radius 2 is 1.86 bits per heavy atom. The van der Waals surface area contributed by atoms with Crippen molar-refractivity contribution in [3.8, 4) is 0 Å². The van der Waals surface area contributed by atoms with E-state index in [0.29, 0.717) is 23.3 Å². The molecule has 1 N–H and O–H groups in total. The first kappa shape index (κ1) is 14.5. The molecule has 0 unspecified atom stereocenters. The van der Waals surface area contributed by atoms with Gasteiger partial charge in [-0.25, -0.2) is 0 Å².